The molecule has 0 aliphatic heterocycles. The van der Waals surface area contributed by atoms with Crippen LogP contribution in [-0.4, -0.2) is 25.5 Å². The topological polar surface area (TPSA) is 79.5 Å². The van der Waals surface area contributed by atoms with Crippen LogP contribution in [0.1, 0.15) is 5.56 Å². The molecule has 2 aromatic rings. The summed E-state index contributed by atoms with van der Waals surface area (Å²) in [5, 5.41) is 7.44. The van der Waals surface area contributed by atoms with Crippen LogP contribution < -0.4 is 20.7 Å². The highest BCUT2D eigenvalue weighted by atomic mass is 19.1. The van der Waals surface area contributed by atoms with Crippen LogP contribution in [0.15, 0.2) is 48.5 Å². The van der Waals surface area contributed by atoms with Gasteiger partial charge in [0.1, 0.15) is 18.2 Å². The Morgan fingerprint density at radius 2 is 1.88 bits per heavy atom. The monoisotopic (exact) mass is 331 g/mol. The maximum absolute atomic E-state index is 12.8. The molecule has 2 aromatic carbocycles. The van der Waals surface area contributed by atoms with Gasteiger partial charge in [0.25, 0.3) is 0 Å². The fourth-order valence-corrected chi connectivity index (χ4v) is 1.84. The number of benzene rings is 2. The molecule has 0 aromatic heterocycles. The quantitative estimate of drug-likeness (QED) is 0.760. The van der Waals surface area contributed by atoms with Crippen molar-refractivity contribution >= 4 is 17.6 Å². The van der Waals surface area contributed by atoms with E-state index in [-0.39, 0.29) is 24.9 Å². The second kappa shape index (κ2) is 8.52. The van der Waals surface area contributed by atoms with Gasteiger partial charge in [-0.2, -0.15) is 0 Å². The second-order valence-corrected chi connectivity index (χ2v) is 4.92. The summed E-state index contributed by atoms with van der Waals surface area (Å²) in [6, 6.07) is 12.4. The first-order valence-corrected chi connectivity index (χ1v) is 7.29. The van der Waals surface area contributed by atoms with Crippen LogP contribution >= 0.6 is 0 Å². The fourth-order valence-electron chi connectivity index (χ4n) is 1.84. The normalized spacial score (nSPS) is 9.92. The SMILES string of the molecule is CNC(=O)CNC(=O)Nc1cccc(OCc2ccc(F)cc2)c1. The molecule has 126 valence electrons. The van der Waals surface area contributed by atoms with Crippen molar-refractivity contribution in [1.29, 1.82) is 0 Å². The first kappa shape index (κ1) is 17.3. The van der Waals surface area contributed by atoms with Gasteiger partial charge in [-0.3, -0.25) is 4.79 Å². The van der Waals surface area contributed by atoms with E-state index in [9.17, 15) is 14.0 Å². The number of anilines is 1. The summed E-state index contributed by atoms with van der Waals surface area (Å²) in [6.07, 6.45) is 0. The number of likely N-dealkylation sites (N-methyl/N-ethyl adjacent to an activating group) is 1. The van der Waals surface area contributed by atoms with Gasteiger partial charge >= 0.3 is 6.03 Å². The molecule has 0 aliphatic rings. The zero-order valence-corrected chi connectivity index (χ0v) is 13.1. The smallest absolute Gasteiger partial charge is 0.319 e. The summed E-state index contributed by atoms with van der Waals surface area (Å²) in [5.74, 6) is -0.0299. The maximum atomic E-state index is 12.8. The third-order valence-electron chi connectivity index (χ3n) is 3.10. The van der Waals surface area contributed by atoms with Gasteiger partial charge in [0.2, 0.25) is 5.91 Å². The van der Waals surface area contributed by atoms with E-state index < -0.39 is 6.03 Å². The average molecular weight is 331 g/mol. The molecule has 0 saturated carbocycles. The number of ether oxygens (including phenoxy) is 1. The molecule has 24 heavy (non-hydrogen) atoms. The zero-order chi connectivity index (χ0) is 17.4. The predicted molar refractivity (Wildman–Crippen MR) is 88.3 cm³/mol. The van der Waals surface area contributed by atoms with Gasteiger partial charge in [0.05, 0.1) is 6.54 Å². The Bertz CT molecular complexity index is 704. The number of nitrogens with one attached hydrogen (secondary N) is 3. The predicted octanol–water partition coefficient (Wildman–Crippen LogP) is 2.27. The molecule has 0 heterocycles. The van der Waals surface area contributed by atoms with Crippen LogP contribution in [0.4, 0.5) is 14.9 Å². The van der Waals surface area contributed by atoms with E-state index in [4.69, 9.17) is 4.74 Å². The number of halogens is 1. The van der Waals surface area contributed by atoms with Gasteiger partial charge in [-0.15, -0.1) is 0 Å². The van der Waals surface area contributed by atoms with Gasteiger partial charge in [0, 0.05) is 18.8 Å². The van der Waals surface area contributed by atoms with Gasteiger partial charge in [0.15, 0.2) is 0 Å². The van der Waals surface area contributed by atoms with Crippen molar-refractivity contribution in [2.75, 3.05) is 18.9 Å². The Hall–Kier alpha value is -3.09. The molecule has 6 nitrogen and oxygen atoms in total. The summed E-state index contributed by atoms with van der Waals surface area (Å²) < 4.78 is 18.5. The highest BCUT2D eigenvalue weighted by Crippen LogP contribution is 2.18. The average Bonchev–Trinajstić information content (AvgIpc) is 2.59. The summed E-state index contributed by atoms with van der Waals surface area (Å²) >= 11 is 0. The van der Waals surface area contributed by atoms with E-state index in [1.807, 2.05) is 0 Å². The lowest BCUT2D eigenvalue weighted by Gasteiger charge is -2.10. The van der Waals surface area contributed by atoms with Crippen molar-refractivity contribution in [3.8, 4) is 5.75 Å². The lowest BCUT2D eigenvalue weighted by molar-refractivity contribution is -0.119. The molecule has 0 atom stereocenters. The molecule has 0 fully saturated rings. The number of hydrogen-bond acceptors (Lipinski definition) is 3. The molecular weight excluding hydrogens is 313 g/mol. The summed E-state index contributed by atoms with van der Waals surface area (Å²) in [7, 11) is 1.49. The number of urea groups is 1. The molecule has 0 bridgehead atoms. The van der Waals surface area contributed by atoms with Crippen molar-refractivity contribution in [3.05, 3.63) is 59.9 Å². The van der Waals surface area contributed by atoms with Crippen molar-refractivity contribution < 1.29 is 18.7 Å². The van der Waals surface area contributed by atoms with Crippen molar-refractivity contribution in [1.82, 2.24) is 10.6 Å². The van der Waals surface area contributed by atoms with Crippen molar-refractivity contribution in [2.24, 2.45) is 0 Å². The Morgan fingerprint density at radius 1 is 1.12 bits per heavy atom. The molecule has 0 saturated heterocycles. The van der Waals surface area contributed by atoms with Gasteiger partial charge in [-0.05, 0) is 29.8 Å². The number of rotatable bonds is 6. The van der Waals surface area contributed by atoms with E-state index in [1.54, 1.807) is 36.4 Å². The van der Waals surface area contributed by atoms with Crippen molar-refractivity contribution in [3.63, 3.8) is 0 Å². The highest BCUT2D eigenvalue weighted by Gasteiger charge is 2.05. The molecule has 3 N–H and O–H groups in total. The molecule has 0 spiro atoms. The molecular formula is C17H18FN3O3. The lowest BCUT2D eigenvalue weighted by Crippen LogP contribution is -2.37. The Balaban J connectivity index is 1.87. The van der Waals surface area contributed by atoms with Crippen LogP contribution in [-0.2, 0) is 11.4 Å². The van der Waals surface area contributed by atoms with E-state index in [2.05, 4.69) is 16.0 Å². The first-order valence-electron chi connectivity index (χ1n) is 7.29. The summed E-state index contributed by atoms with van der Waals surface area (Å²) in [6.45, 7) is 0.176. The van der Waals surface area contributed by atoms with Gasteiger partial charge < -0.3 is 20.7 Å². The minimum absolute atomic E-state index is 0.108. The largest absolute Gasteiger partial charge is 0.489 e. The Labute approximate surface area is 139 Å². The van der Waals surface area contributed by atoms with Crippen LogP contribution in [0.2, 0.25) is 0 Å². The maximum Gasteiger partial charge on any atom is 0.319 e. The second-order valence-electron chi connectivity index (χ2n) is 4.92. The van der Waals surface area contributed by atoms with Gasteiger partial charge in [-0.1, -0.05) is 18.2 Å². The summed E-state index contributed by atoms with van der Waals surface area (Å²) in [5.41, 5.74) is 1.36. The molecule has 0 radical (unpaired) electrons. The van der Waals surface area contributed by atoms with Crippen LogP contribution in [0.3, 0.4) is 0 Å². The number of amides is 3. The van der Waals surface area contributed by atoms with Crippen molar-refractivity contribution in [2.45, 2.75) is 6.61 Å². The van der Waals surface area contributed by atoms with E-state index in [0.717, 1.165) is 5.56 Å². The molecule has 0 aliphatic carbocycles. The number of hydrogen-bond donors (Lipinski definition) is 3. The minimum Gasteiger partial charge on any atom is -0.489 e. The van der Waals surface area contributed by atoms with E-state index >= 15 is 0 Å². The lowest BCUT2D eigenvalue weighted by atomic mass is 10.2. The number of carbonyl (C=O) groups is 2. The van der Waals surface area contributed by atoms with Crippen LogP contribution in [0.5, 0.6) is 5.75 Å². The van der Waals surface area contributed by atoms with Gasteiger partial charge in [-0.25, -0.2) is 9.18 Å². The first-order chi connectivity index (χ1) is 11.6. The molecule has 3 amide bonds. The Morgan fingerprint density at radius 3 is 2.58 bits per heavy atom. The third-order valence-corrected chi connectivity index (χ3v) is 3.10. The number of carbonyl (C=O) groups excluding carboxylic acids is 2. The van der Waals surface area contributed by atoms with Crippen LogP contribution in [0, 0.1) is 5.82 Å². The van der Waals surface area contributed by atoms with Crippen LogP contribution in [0.25, 0.3) is 0 Å². The zero-order valence-electron chi connectivity index (χ0n) is 13.1. The third kappa shape index (κ3) is 5.60. The highest BCUT2D eigenvalue weighted by molar-refractivity contribution is 5.92. The summed E-state index contributed by atoms with van der Waals surface area (Å²) in [4.78, 5) is 22.7. The van der Waals surface area contributed by atoms with E-state index in [0.29, 0.717) is 11.4 Å². The minimum atomic E-state index is -0.491. The molecule has 7 heteroatoms. The standard InChI is InChI=1S/C17H18FN3O3/c1-19-16(22)10-20-17(23)21-14-3-2-4-15(9-14)24-11-12-5-7-13(18)8-6-12/h2-9H,10-11H2,1H3,(H,19,22)(H2,20,21,23). The Kier molecular flexibility index (Phi) is 6.13. The fraction of sp³-hybridized carbons (Fsp3) is 0.176. The molecule has 0 unspecified atom stereocenters. The van der Waals surface area contributed by atoms with E-state index in [1.165, 1.54) is 19.2 Å². The molecule has 2 rings (SSSR count).